The van der Waals surface area contributed by atoms with Gasteiger partial charge in [-0.25, -0.2) is 0 Å². The van der Waals surface area contributed by atoms with Crippen LogP contribution in [0.5, 0.6) is 0 Å². The van der Waals surface area contributed by atoms with E-state index >= 15 is 0 Å². The molecule has 0 radical (unpaired) electrons. The molecule has 0 amide bonds. The molecule has 0 aromatic heterocycles. The van der Waals surface area contributed by atoms with Gasteiger partial charge in [-0.2, -0.15) is 8.42 Å². The Balaban J connectivity index is 0.000000340. The molecule has 0 saturated carbocycles. The smallest absolute Gasteiger partial charge is 0.323 e. The average Bonchev–Trinajstić information content (AvgIpc) is 2.86. The Morgan fingerprint density at radius 2 is 1.21 bits per heavy atom. The first-order chi connectivity index (χ1) is 16.3. The zero-order chi connectivity index (χ0) is 24.8. The van der Waals surface area contributed by atoms with Gasteiger partial charge in [0.05, 0.1) is 4.90 Å². The van der Waals surface area contributed by atoms with Crippen LogP contribution in [0.4, 0.5) is 0 Å². The van der Waals surface area contributed by atoms with E-state index in [1.165, 1.54) is 12.1 Å². The van der Waals surface area contributed by atoms with Gasteiger partial charge in [0.25, 0.3) is 10.1 Å². The third-order valence-corrected chi connectivity index (χ3v) is 5.34. The standard InChI is InChI=1S/C19H21NO4.C6H6O3S/c20-17(19(22)24-14-16-9-5-2-6-10-16)11-12-18(21)23-13-15-7-3-1-4-8-15;7-10(8,9)6-4-2-1-3-5-6/h1-10,17H,11-14,20H2;1-5H,(H,7,8,9)/t17-;/m0./s1. The average molecular weight is 486 g/mol. The number of esters is 2. The molecule has 0 fully saturated rings. The quantitative estimate of drug-likeness (QED) is 0.347. The lowest BCUT2D eigenvalue weighted by atomic mass is 10.1. The minimum atomic E-state index is -4.00. The highest BCUT2D eigenvalue weighted by Gasteiger charge is 2.17. The van der Waals surface area contributed by atoms with Crippen molar-refractivity contribution in [1.29, 1.82) is 0 Å². The summed E-state index contributed by atoms with van der Waals surface area (Å²) in [6.07, 6.45) is 0.273. The maximum Gasteiger partial charge on any atom is 0.323 e. The van der Waals surface area contributed by atoms with Crippen molar-refractivity contribution in [3.05, 3.63) is 102 Å². The monoisotopic (exact) mass is 485 g/mol. The lowest BCUT2D eigenvalue weighted by Crippen LogP contribution is -2.32. The van der Waals surface area contributed by atoms with E-state index in [9.17, 15) is 18.0 Å². The second-order valence-corrected chi connectivity index (χ2v) is 8.59. The summed E-state index contributed by atoms with van der Waals surface area (Å²) in [6, 6.07) is 25.3. The predicted octanol–water partition coefficient (Wildman–Crippen LogP) is 3.51. The Kier molecular flexibility index (Phi) is 10.9. The van der Waals surface area contributed by atoms with Crippen molar-refractivity contribution in [1.82, 2.24) is 0 Å². The molecule has 3 aromatic carbocycles. The molecule has 0 aliphatic heterocycles. The molecule has 0 unspecified atom stereocenters. The number of hydrogen-bond donors (Lipinski definition) is 2. The second kappa shape index (κ2) is 13.9. The number of carbonyl (C=O) groups excluding carboxylic acids is 2. The van der Waals surface area contributed by atoms with Crippen LogP contribution in [0.15, 0.2) is 95.9 Å². The van der Waals surface area contributed by atoms with Crippen molar-refractivity contribution >= 4 is 22.1 Å². The minimum absolute atomic E-state index is 0.0741. The molecule has 9 heteroatoms. The highest BCUT2D eigenvalue weighted by atomic mass is 32.2. The molecule has 0 heterocycles. The second-order valence-electron chi connectivity index (χ2n) is 7.17. The number of rotatable bonds is 9. The van der Waals surface area contributed by atoms with E-state index < -0.39 is 22.1 Å². The highest BCUT2D eigenvalue weighted by molar-refractivity contribution is 7.85. The van der Waals surface area contributed by atoms with Crippen LogP contribution in [-0.4, -0.2) is 31.0 Å². The maximum absolute atomic E-state index is 11.8. The van der Waals surface area contributed by atoms with Crippen LogP contribution >= 0.6 is 0 Å². The molecule has 180 valence electrons. The number of ether oxygens (including phenoxy) is 2. The summed E-state index contributed by atoms with van der Waals surface area (Å²) < 4.78 is 39.5. The number of nitrogens with two attached hydrogens (primary N) is 1. The number of hydrogen-bond acceptors (Lipinski definition) is 7. The lowest BCUT2D eigenvalue weighted by molar-refractivity contribution is -0.148. The molecule has 8 nitrogen and oxygen atoms in total. The third kappa shape index (κ3) is 10.4. The summed E-state index contributed by atoms with van der Waals surface area (Å²) in [4.78, 5) is 23.4. The van der Waals surface area contributed by atoms with Gasteiger partial charge in [-0.15, -0.1) is 0 Å². The van der Waals surface area contributed by atoms with E-state index in [1.807, 2.05) is 60.7 Å². The van der Waals surface area contributed by atoms with Gasteiger partial charge in [0.1, 0.15) is 19.3 Å². The predicted molar refractivity (Wildman–Crippen MR) is 126 cm³/mol. The molecule has 1 atom stereocenters. The largest absolute Gasteiger partial charge is 0.461 e. The van der Waals surface area contributed by atoms with Gasteiger partial charge >= 0.3 is 11.9 Å². The topological polar surface area (TPSA) is 133 Å². The first-order valence-electron chi connectivity index (χ1n) is 10.4. The summed E-state index contributed by atoms with van der Waals surface area (Å²) in [5.74, 6) is -0.903. The summed E-state index contributed by atoms with van der Waals surface area (Å²) in [5, 5.41) is 0. The van der Waals surface area contributed by atoms with E-state index in [0.29, 0.717) is 0 Å². The van der Waals surface area contributed by atoms with Crippen LogP contribution in [0.2, 0.25) is 0 Å². The van der Waals surface area contributed by atoms with Gasteiger partial charge < -0.3 is 15.2 Å². The van der Waals surface area contributed by atoms with Crippen LogP contribution in [0, 0.1) is 0 Å². The van der Waals surface area contributed by atoms with Gasteiger partial charge in [-0.3, -0.25) is 14.1 Å². The Bertz CT molecular complexity index is 1120. The number of benzene rings is 3. The molecule has 0 saturated heterocycles. The fourth-order valence-electron chi connectivity index (χ4n) is 2.63. The molecule has 0 spiro atoms. The summed E-state index contributed by atoms with van der Waals surface area (Å²) in [6.45, 7) is 0.388. The SMILES string of the molecule is N[C@@H](CCC(=O)OCc1ccccc1)C(=O)OCc1ccccc1.O=S(=O)(O)c1ccccc1. The van der Waals surface area contributed by atoms with Gasteiger partial charge in [-0.1, -0.05) is 78.9 Å². The molecular weight excluding hydrogens is 458 g/mol. The Morgan fingerprint density at radius 3 is 1.65 bits per heavy atom. The highest BCUT2D eigenvalue weighted by Crippen LogP contribution is 2.07. The Hall–Kier alpha value is -3.53. The van der Waals surface area contributed by atoms with E-state index in [-0.39, 0.29) is 36.9 Å². The Labute approximate surface area is 199 Å². The first-order valence-corrected chi connectivity index (χ1v) is 11.9. The van der Waals surface area contributed by atoms with Gasteiger partial charge in [0, 0.05) is 6.42 Å². The van der Waals surface area contributed by atoms with Crippen molar-refractivity contribution in [2.24, 2.45) is 5.73 Å². The molecule has 3 N–H and O–H groups in total. The van der Waals surface area contributed by atoms with Crippen molar-refractivity contribution in [2.45, 2.75) is 37.0 Å². The van der Waals surface area contributed by atoms with Crippen molar-refractivity contribution in [3.63, 3.8) is 0 Å². The van der Waals surface area contributed by atoms with Crippen LogP contribution < -0.4 is 5.73 Å². The lowest BCUT2D eigenvalue weighted by Gasteiger charge is -2.11. The normalized spacial score (nSPS) is 11.5. The maximum atomic E-state index is 11.8. The molecule has 34 heavy (non-hydrogen) atoms. The summed E-state index contributed by atoms with van der Waals surface area (Å²) in [7, 11) is -4.00. The molecule has 3 aromatic rings. The van der Waals surface area contributed by atoms with Crippen LogP contribution in [-0.2, 0) is 42.4 Å². The molecule has 0 aliphatic rings. The van der Waals surface area contributed by atoms with Gasteiger partial charge in [0.2, 0.25) is 0 Å². The third-order valence-electron chi connectivity index (χ3n) is 4.47. The van der Waals surface area contributed by atoms with Gasteiger partial charge in [-0.05, 0) is 29.7 Å². The van der Waals surface area contributed by atoms with Crippen molar-refractivity contribution < 1.29 is 32.0 Å². The molecular formula is C25H27NO7S. The minimum Gasteiger partial charge on any atom is -0.461 e. The number of carbonyl (C=O) groups is 2. The van der Waals surface area contributed by atoms with E-state index in [4.69, 9.17) is 19.8 Å². The Morgan fingerprint density at radius 1 is 0.765 bits per heavy atom. The zero-order valence-corrected chi connectivity index (χ0v) is 19.3. The van der Waals surface area contributed by atoms with E-state index in [1.54, 1.807) is 18.2 Å². The van der Waals surface area contributed by atoms with Crippen LogP contribution in [0.3, 0.4) is 0 Å². The van der Waals surface area contributed by atoms with Crippen molar-refractivity contribution in [2.75, 3.05) is 0 Å². The van der Waals surface area contributed by atoms with E-state index in [0.717, 1.165) is 11.1 Å². The fraction of sp³-hybridized carbons (Fsp3) is 0.200. The fourth-order valence-corrected chi connectivity index (χ4v) is 3.13. The first kappa shape index (κ1) is 26.7. The van der Waals surface area contributed by atoms with Crippen LogP contribution in [0.25, 0.3) is 0 Å². The van der Waals surface area contributed by atoms with E-state index in [2.05, 4.69) is 0 Å². The molecule has 0 aliphatic carbocycles. The molecule has 0 bridgehead atoms. The van der Waals surface area contributed by atoms with Crippen molar-refractivity contribution in [3.8, 4) is 0 Å². The molecule has 3 rings (SSSR count). The zero-order valence-electron chi connectivity index (χ0n) is 18.4. The summed E-state index contributed by atoms with van der Waals surface area (Å²) >= 11 is 0. The van der Waals surface area contributed by atoms with Crippen LogP contribution in [0.1, 0.15) is 24.0 Å². The summed E-state index contributed by atoms with van der Waals surface area (Å²) in [5.41, 5.74) is 7.56. The van der Waals surface area contributed by atoms with Gasteiger partial charge in [0.15, 0.2) is 0 Å².